The predicted octanol–water partition coefficient (Wildman–Crippen LogP) is 2.54. The molecule has 2 amide bonds. The standard InChI is InChI=1S/C20H22N6O2/c1-12-8-14(10-22-18(12)21)25-19(27)20(28)26-7-3-2-4-17(26)13-5-6-15-16(9-13)24-11-23-15/h5-6,8-11,17H,2-4,7H2,1H3,(H2,21,22)(H,23,24)(H,25,27)/t17-/m0/s1. The number of carbonyl (C=O) groups excluding carboxylic acids is 2. The van der Waals surface area contributed by atoms with Crippen LogP contribution >= 0.6 is 0 Å². The largest absolute Gasteiger partial charge is 0.383 e. The number of amides is 2. The van der Waals surface area contributed by atoms with Gasteiger partial charge in [0.05, 0.1) is 35.3 Å². The van der Waals surface area contributed by atoms with E-state index in [1.165, 1.54) is 6.20 Å². The molecule has 0 bridgehead atoms. The number of likely N-dealkylation sites (tertiary alicyclic amines) is 1. The maximum absolute atomic E-state index is 12.9. The molecule has 1 saturated heterocycles. The molecule has 0 aliphatic carbocycles. The summed E-state index contributed by atoms with van der Waals surface area (Å²) in [5, 5.41) is 2.64. The fourth-order valence-corrected chi connectivity index (χ4v) is 3.65. The predicted molar refractivity (Wildman–Crippen MR) is 106 cm³/mol. The van der Waals surface area contributed by atoms with Gasteiger partial charge in [-0.1, -0.05) is 6.07 Å². The fraction of sp³-hybridized carbons (Fsp3) is 0.300. The maximum atomic E-state index is 12.9. The Morgan fingerprint density at radius 3 is 2.93 bits per heavy atom. The smallest absolute Gasteiger partial charge is 0.313 e. The molecular formula is C20H22N6O2. The van der Waals surface area contributed by atoms with Crippen LogP contribution < -0.4 is 11.1 Å². The number of pyridine rings is 1. The number of nitrogens with zero attached hydrogens (tertiary/aromatic N) is 3. The number of H-pyrrole nitrogens is 1. The third-order valence-electron chi connectivity index (χ3n) is 5.16. The molecule has 1 atom stereocenters. The third kappa shape index (κ3) is 3.40. The summed E-state index contributed by atoms with van der Waals surface area (Å²) >= 11 is 0. The monoisotopic (exact) mass is 378 g/mol. The second-order valence-electron chi connectivity index (χ2n) is 7.07. The summed E-state index contributed by atoms with van der Waals surface area (Å²) in [5.41, 5.74) is 9.69. The molecule has 8 nitrogen and oxygen atoms in total. The normalized spacial score (nSPS) is 16.9. The number of piperidine rings is 1. The van der Waals surface area contributed by atoms with Crippen LogP contribution in [0.15, 0.2) is 36.8 Å². The van der Waals surface area contributed by atoms with Gasteiger partial charge < -0.3 is 20.9 Å². The van der Waals surface area contributed by atoms with Gasteiger partial charge in [0.25, 0.3) is 0 Å². The van der Waals surface area contributed by atoms with Gasteiger partial charge in [-0.2, -0.15) is 0 Å². The molecule has 28 heavy (non-hydrogen) atoms. The number of nitrogens with one attached hydrogen (secondary N) is 2. The second-order valence-corrected chi connectivity index (χ2v) is 7.07. The van der Waals surface area contributed by atoms with Crippen LogP contribution in [-0.4, -0.2) is 38.2 Å². The van der Waals surface area contributed by atoms with E-state index in [4.69, 9.17) is 5.73 Å². The van der Waals surface area contributed by atoms with E-state index in [0.717, 1.165) is 41.4 Å². The summed E-state index contributed by atoms with van der Waals surface area (Å²) in [6, 6.07) is 7.49. The van der Waals surface area contributed by atoms with Crippen molar-refractivity contribution in [3.63, 3.8) is 0 Å². The number of nitrogens with two attached hydrogens (primary N) is 1. The van der Waals surface area contributed by atoms with Crippen LogP contribution in [0, 0.1) is 6.92 Å². The topological polar surface area (TPSA) is 117 Å². The number of aromatic amines is 1. The van der Waals surface area contributed by atoms with Gasteiger partial charge >= 0.3 is 11.8 Å². The van der Waals surface area contributed by atoms with Crippen molar-refractivity contribution in [2.45, 2.75) is 32.2 Å². The number of carbonyl (C=O) groups is 2. The van der Waals surface area contributed by atoms with Gasteiger partial charge in [-0.3, -0.25) is 9.59 Å². The Kier molecular flexibility index (Phi) is 4.68. The summed E-state index contributed by atoms with van der Waals surface area (Å²) in [5.74, 6) is -0.811. The highest BCUT2D eigenvalue weighted by Gasteiger charge is 2.32. The lowest BCUT2D eigenvalue weighted by Gasteiger charge is -2.35. The molecule has 1 aliphatic rings. The Morgan fingerprint density at radius 2 is 2.11 bits per heavy atom. The highest BCUT2D eigenvalue weighted by molar-refractivity contribution is 6.39. The summed E-state index contributed by atoms with van der Waals surface area (Å²) in [7, 11) is 0. The van der Waals surface area contributed by atoms with Gasteiger partial charge in [-0.25, -0.2) is 9.97 Å². The average molecular weight is 378 g/mol. The number of fused-ring (bicyclic) bond motifs is 1. The summed E-state index contributed by atoms with van der Waals surface area (Å²) < 4.78 is 0. The zero-order valence-electron chi connectivity index (χ0n) is 15.6. The summed E-state index contributed by atoms with van der Waals surface area (Å²) in [6.45, 7) is 2.35. The van der Waals surface area contributed by atoms with Crippen molar-refractivity contribution in [2.24, 2.45) is 0 Å². The van der Waals surface area contributed by atoms with Crippen LogP contribution in [0.5, 0.6) is 0 Å². The average Bonchev–Trinajstić information content (AvgIpc) is 3.18. The Hall–Kier alpha value is -3.42. The number of hydrogen-bond donors (Lipinski definition) is 3. The quantitative estimate of drug-likeness (QED) is 0.593. The first-order valence-electron chi connectivity index (χ1n) is 9.30. The van der Waals surface area contributed by atoms with Crippen LogP contribution in [0.1, 0.15) is 36.4 Å². The number of benzene rings is 1. The van der Waals surface area contributed by atoms with Crippen molar-refractivity contribution in [1.82, 2.24) is 19.9 Å². The number of rotatable bonds is 2. The molecule has 3 aromatic rings. The molecular weight excluding hydrogens is 356 g/mol. The van der Waals surface area contributed by atoms with Crippen LogP contribution in [0.25, 0.3) is 11.0 Å². The number of aromatic nitrogens is 3. The molecule has 1 aliphatic heterocycles. The lowest BCUT2D eigenvalue weighted by atomic mass is 9.94. The number of aryl methyl sites for hydroxylation is 1. The Labute approximate surface area is 162 Å². The molecule has 8 heteroatoms. The van der Waals surface area contributed by atoms with E-state index in [1.807, 2.05) is 18.2 Å². The van der Waals surface area contributed by atoms with Crippen molar-refractivity contribution in [3.8, 4) is 0 Å². The molecule has 4 rings (SSSR count). The molecule has 0 spiro atoms. The SMILES string of the molecule is Cc1cc(NC(=O)C(=O)N2CCCC[C@H]2c2ccc3[nH]cnc3c2)cnc1N. The molecule has 144 valence electrons. The summed E-state index contributed by atoms with van der Waals surface area (Å²) in [6.07, 6.45) is 5.80. The van der Waals surface area contributed by atoms with Crippen molar-refractivity contribution in [1.29, 1.82) is 0 Å². The molecule has 3 heterocycles. The van der Waals surface area contributed by atoms with Crippen molar-refractivity contribution >= 4 is 34.4 Å². The lowest BCUT2D eigenvalue weighted by molar-refractivity contribution is -0.145. The molecule has 1 fully saturated rings. The molecule has 0 unspecified atom stereocenters. The van der Waals surface area contributed by atoms with Gasteiger partial charge in [0.1, 0.15) is 5.82 Å². The molecule has 0 saturated carbocycles. The molecule has 1 aromatic carbocycles. The van der Waals surface area contributed by atoms with Gasteiger partial charge in [-0.15, -0.1) is 0 Å². The first-order valence-corrected chi connectivity index (χ1v) is 9.30. The minimum Gasteiger partial charge on any atom is -0.383 e. The highest BCUT2D eigenvalue weighted by atomic mass is 16.2. The van der Waals surface area contributed by atoms with Gasteiger partial charge in [0, 0.05) is 6.54 Å². The van der Waals surface area contributed by atoms with Crippen molar-refractivity contribution in [3.05, 3.63) is 47.9 Å². The Morgan fingerprint density at radius 1 is 1.25 bits per heavy atom. The van der Waals surface area contributed by atoms with Crippen LogP contribution in [0.4, 0.5) is 11.5 Å². The number of anilines is 2. The number of hydrogen-bond acceptors (Lipinski definition) is 5. The van der Waals surface area contributed by atoms with E-state index in [-0.39, 0.29) is 6.04 Å². The second kappa shape index (κ2) is 7.30. The van der Waals surface area contributed by atoms with E-state index in [9.17, 15) is 9.59 Å². The minimum absolute atomic E-state index is 0.139. The van der Waals surface area contributed by atoms with E-state index in [2.05, 4.69) is 20.3 Å². The number of imidazole rings is 1. The number of nitrogen functional groups attached to an aromatic ring is 1. The van der Waals surface area contributed by atoms with Crippen LogP contribution in [0.3, 0.4) is 0 Å². The first kappa shape index (κ1) is 18.0. The van der Waals surface area contributed by atoms with Gasteiger partial charge in [0.15, 0.2) is 0 Å². The van der Waals surface area contributed by atoms with Crippen molar-refractivity contribution < 1.29 is 9.59 Å². The van der Waals surface area contributed by atoms with Crippen LogP contribution in [-0.2, 0) is 9.59 Å². The molecule has 2 aromatic heterocycles. The zero-order chi connectivity index (χ0) is 19.7. The van der Waals surface area contributed by atoms with Gasteiger partial charge in [0.2, 0.25) is 0 Å². The van der Waals surface area contributed by atoms with E-state index in [0.29, 0.717) is 18.1 Å². The minimum atomic E-state index is -0.668. The van der Waals surface area contributed by atoms with Gasteiger partial charge in [-0.05, 0) is 55.5 Å². The Bertz CT molecular complexity index is 1040. The van der Waals surface area contributed by atoms with E-state index in [1.54, 1.807) is 24.2 Å². The molecule has 4 N–H and O–H groups in total. The summed E-state index contributed by atoms with van der Waals surface area (Å²) in [4.78, 5) is 38.5. The molecule has 0 radical (unpaired) electrons. The van der Waals surface area contributed by atoms with E-state index < -0.39 is 11.8 Å². The van der Waals surface area contributed by atoms with Crippen LogP contribution in [0.2, 0.25) is 0 Å². The fourth-order valence-electron chi connectivity index (χ4n) is 3.65. The third-order valence-corrected chi connectivity index (χ3v) is 5.16. The Balaban J connectivity index is 1.55. The van der Waals surface area contributed by atoms with E-state index >= 15 is 0 Å². The maximum Gasteiger partial charge on any atom is 0.313 e. The zero-order valence-corrected chi connectivity index (χ0v) is 15.6. The highest BCUT2D eigenvalue weighted by Crippen LogP contribution is 2.32. The van der Waals surface area contributed by atoms with Crippen molar-refractivity contribution in [2.75, 3.05) is 17.6 Å². The lowest BCUT2D eigenvalue weighted by Crippen LogP contribution is -2.44. The first-order chi connectivity index (χ1) is 13.5.